The Hall–Kier alpha value is -4.10. The molecule has 1 unspecified atom stereocenters. The number of aliphatic carboxylic acids is 3. The molecule has 0 aliphatic carbocycles. The molecule has 0 saturated heterocycles. The number of hydrogen-bond donors (Lipinski definition) is 6. The van der Waals surface area contributed by atoms with Crippen molar-refractivity contribution in [2.45, 2.75) is 38.1 Å². The lowest BCUT2D eigenvalue weighted by Gasteiger charge is -2.12. The van der Waals surface area contributed by atoms with Gasteiger partial charge in [-0.2, -0.15) is 0 Å². The highest BCUT2D eigenvalue weighted by Crippen LogP contribution is 2.07. The van der Waals surface area contributed by atoms with Gasteiger partial charge in [-0.1, -0.05) is 36.8 Å². The van der Waals surface area contributed by atoms with Gasteiger partial charge < -0.3 is 32.1 Å². The van der Waals surface area contributed by atoms with Crippen LogP contribution in [0.4, 0.5) is 0 Å². The van der Waals surface area contributed by atoms with Crippen LogP contribution in [0.25, 0.3) is 0 Å². The van der Waals surface area contributed by atoms with Gasteiger partial charge in [-0.05, 0) is 24.8 Å². The quantitative estimate of drug-likeness (QED) is 0.153. The maximum Gasteiger partial charge on any atom is 0.322 e. The number of amides is 3. The Kier molecular flexibility index (Phi) is 16.2. The molecule has 13 nitrogen and oxygen atoms in total. The average molecular weight is 509 g/mol. The second kappa shape index (κ2) is 18.3. The molecule has 1 atom stereocenters. The minimum absolute atomic E-state index is 0.243. The van der Waals surface area contributed by atoms with Gasteiger partial charge in [0.2, 0.25) is 5.91 Å². The molecule has 0 saturated carbocycles. The van der Waals surface area contributed by atoms with Crippen LogP contribution in [0.3, 0.4) is 0 Å². The molecule has 198 valence electrons. The topological polar surface area (TPSA) is 230 Å². The summed E-state index contributed by atoms with van der Waals surface area (Å²) >= 11 is 0. The van der Waals surface area contributed by atoms with Crippen molar-refractivity contribution in [1.82, 2.24) is 10.2 Å². The van der Waals surface area contributed by atoms with E-state index in [0.29, 0.717) is 32.2 Å². The summed E-state index contributed by atoms with van der Waals surface area (Å²) in [5.74, 6) is -3.92. The molecule has 13 heteroatoms. The number of carboxylic acid groups (broad SMARTS) is 3. The Morgan fingerprint density at radius 3 is 1.92 bits per heavy atom. The van der Waals surface area contributed by atoms with Crippen molar-refractivity contribution in [2.75, 3.05) is 19.6 Å². The SMILES string of the molecule is NC(Cc1ccccc1)C(=O)O.NCC(=O)O.O=C(O)CNC(=O)CCCCCN1C(=O)C=CC1=O. The molecule has 0 radical (unpaired) electrons. The monoisotopic (exact) mass is 508 g/mol. The highest BCUT2D eigenvalue weighted by atomic mass is 16.4. The van der Waals surface area contributed by atoms with Crippen LogP contribution in [0.15, 0.2) is 42.5 Å². The largest absolute Gasteiger partial charge is 0.480 e. The van der Waals surface area contributed by atoms with Crippen LogP contribution in [-0.4, -0.2) is 81.5 Å². The molecule has 0 fully saturated rings. The fourth-order valence-electron chi connectivity index (χ4n) is 2.60. The summed E-state index contributed by atoms with van der Waals surface area (Å²) in [6.07, 6.45) is 5.02. The molecule has 2 rings (SSSR count). The molecular formula is C23H32N4O9. The molecule has 1 aliphatic heterocycles. The second-order valence-corrected chi connectivity index (χ2v) is 7.37. The van der Waals surface area contributed by atoms with Gasteiger partial charge in [-0.3, -0.25) is 33.7 Å². The molecule has 36 heavy (non-hydrogen) atoms. The van der Waals surface area contributed by atoms with E-state index in [2.05, 4.69) is 11.1 Å². The summed E-state index contributed by atoms with van der Waals surface area (Å²) in [6.45, 7) is -0.303. The van der Waals surface area contributed by atoms with Crippen molar-refractivity contribution >= 4 is 35.6 Å². The number of carbonyl (C=O) groups excluding carboxylic acids is 3. The van der Waals surface area contributed by atoms with Crippen LogP contribution in [-0.2, 0) is 35.2 Å². The Balaban J connectivity index is 0.000000611. The van der Waals surface area contributed by atoms with E-state index >= 15 is 0 Å². The van der Waals surface area contributed by atoms with E-state index in [1.165, 1.54) is 12.2 Å². The van der Waals surface area contributed by atoms with Crippen LogP contribution in [0.5, 0.6) is 0 Å². The van der Waals surface area contributed by atoms with Crippen LogP contribution >= 0.6 is 0 Å². The van der Waals surface area contributed by atoms with Crippen molar-refractivity contribution in [3.63, 3.8) is 0 Å². The number of unbranched alkanes of at least 4 members (excludes halogenated alkanes) is 2. The number of nitrogens with zero attached hydrogens (tertiary/aromatic N) is 1. The highest BCUT2D eigenvalue weighted by molar-refractivity contribution is 6.12. The third-order valence-electron chi connectivity index (χ3n) is 4.41. The number of imide groups is 1. The minimum atomic E-state index is -1.08. The van der Waals surface area contributed by atoms with E-state index in [0.717, 1.165) is 10.5 Å². The second-order valence-electron chi connectivity index (χ2n) is 7.37. The maximum absolute atomic E-state index is 11.2. The van der Waals surface area contributed by atoms with Crippen LogP contribution in [0.1, 0.15) is 31.2 Å². The number of nitrogens with one attached hydrogen (secondary N) is 1. The first kappa shape index (κ1) is 31.9. The maximum atomic E-state index is 11.2. The predicted octanol–water partition coefficient (Wildman–Crippen LogP) is -0.657. The van der Waals surface area contributed by atoms with E-state index in [-0.39, 0.29) is 37.2 Å². The zero-order valence-corrected chi connectivity index (χ0v) is 19.7. The molecule has 1 aromatic rings. The summed E-state index contributed by atoms with van der Waals surface area (Å²) in [6, 6.07) is 8.54. The summed E-state index contributed by atoms with van der Waals surface area (Å²) in [5.41, 5.74) is 10.9. The van der Waals surface area contributed by atoms with Gasteiger partial charge in [0.25, 0.3) is 11.8 Å². The molecule has 1 aliphatic rings. The first-order valence-corrected chi connectivity index (χ1v) is 10.9. The van der Waals surface area contributed by atoms with E-state index in [9.17, 15) is 28.8 Å². The van der Waals surface area contributed by atoms with Crippen molar-refractivity contribution < 1.29 is 44.1 Å². The van der Waals surface area contributed by atoms with Gasteiger partial charge in [0, 0.05) is 25.1 Å². The number of rotatable bonds is 12. The number of hydrogen-bond acceptors (Lipinski definition) is 8. The number of benzene rings is 1. The fraction of sp³-hybridized carbons (Fsp3) is 0.391. The third-order valence-corrected chi connectivity index (χ3v) is 4.41. The first-order chi connectivity index (χ1) is 17.0. The van der Waals surface area contributed by atoms with E-state index in [4.69, 9.17) is 21.1 Å². The number of carbonyl (C=O) groups is 6. The lowest BCUT2D eigenvalue weighted by atomic mass is 10.1. The van der Waals surface area contributed by atoms with Crippen molar-refractivity contribution in [3.8, 4) is 0 Å². The van der Waals surface area contributed by atoms with Gasteiger partial charge in [0.05, 0.1) is 6.54 Å². The smallest absolute Gasteiger partial charge is 0.322 e. The number of carboxylic acids is 3. The van der Waals surface area contributed by atoms with Crippen molar-refractivity contribution in [2.24, 2.45) is 11.5 Å². The molecule has 0 bridgehead atoms. The molecule has 0 spiro atoms. The zero-order valence-electron chi connectivity index (χ0n) is 19.7. The Labute approximate surface area is 207 Å². The van der Waals surface area contributed by atoms with Crippen LogP contribution in [0, 0.1) is 0 Å². The number of nitrogens with two attached hydrogens (primary N) is 2. The highest BCUT2D eigenvalue weighted by Gasteiger charge is 2.22. The molecule has 1 aromatic carbocycles. The Morgan fingerprint density at radius 1 is 0.889 bits per heavy atom. The van der Waals surface area contributed by atoms with E-state index in [1.807, 2.05) is 30.3 Å². The van der Waals surface area contributed by atoms with Crippen molar-refractivity contribution in [3.05, 3.63) is 48.0 Å². The van der Waals surface area contributed by atoms with Gasteiger partial charge >= 0.3 is 17.9 Å². The Morgan fingerprint density at radius 2 is 1.44 bits per heavy atom. The van der Waals surface area contributed by atoms with Crippen molar-refractivity contribution in [1.29, 1.82) is 0 Å². The molecular weight excluding hydrogens is 476 g/mol. The van der Waals surface area contributed by atoms with Gasteiger partial charge in [0.15, 0.2) is 0 Å². The predicted molar refractivity (Wildman–Crippen MR) is 127 cm³/mol. The van der Waals surface area contributed by atoms with Crippen LogP contribution < -0.4 is 16.8 Å². The average Bonchev–Trinajstić information content (AvgIpc) is 3.16. The zero-order chi connectivity index (χ0) is 27.5. The summed E-state index contributed by atoms with van der Waals surface area (Å²) in [5, 5.41) is 26.7. The summed E-state index contributed by atoms with van der Waals surface area (Å²) in [7, 11) is 0. The minimum Gasteiger partial charge on any atom is -0.480 e. The van der Waals surface area contributed by atoms with Crippen LogP contribution in [0.2, 0.25) is 0 Å². The fourth-order valence-corrected chi connectivity index (χ4v) is 2.60. The Bertz CT molecular complexity index is 901. The molecule has 1 heterocycles. The third kappa shape index (κ3) is 15.7. The van der Waals surface area contributed by atoms with Gasteiger partial charge in [-0.25, -0.2) is 0 Å². The normalized spacial score (nSPS) is 12.6. The molecule has 0 aromatic heterocycles. The van der Waals surface area contributed by atoms with Gasteiger partial charge in [0.1, 0.15) is 12.6 Å². The molecule has 8 N–H and O–H groups in total. The standard InChI is InChI=1S/C12H16N2O5.C9H11NO2.C2H5NO2/c15-9(13-8-12(18)19)4-2-1-3-7-14-10(16)5-6-11(14)17;10-8(9(11)12)6-7-4-2-1-3-5-7;3-1-2(4)5/h5-6H,1-4,7-8H2,(H,13,15)(H,18,19);1-5,8H,6,10H2,(H,11,12);1,3H2,(H,4,5). The summed E-state index contributed by atoms with van der Waals surface area (Å²) in [4.78, 5) is 64.6. The van der Waals surface area contributed by atoms with E-state index in [1.54, 1.807) is 0 Å². The summed E-state index contributed by atoms with van der Waals surface area (Å²) < 4.78 is 0. The lowest BCUT2D eigenvalue weighted by molar-refractivity contribution is -0.139. The molecule has 3 amide bonds. The first-order valence-electron chi connectivity index (χ1n) is 10.9. The van der Waals surface area contributed by atoms with E-state index < -0.39 is 23.9 Å². The lowest BCUT2D eigenvalue weighted by Crippen LogP contribution is -2.32. The van der Waals surface area contributed by atoms with Gasteiger partial charge in [-0.15, -0.1) is 0 Å².